The zero-order valence-electron chi connectivity index (χ0n) is 16.1. The van der Waals surface area contributed by atoms with Crippen molar-refractivity contribution in [3.63, 3.8) is 0 Å². The zero-order valence-corrected chi connectivity index (χ0v) is 16.1. The Labute approximate surface area is 149 Å². The summed E-state index contributed by atoms with van der Waals surface area (Å²) in [6, 6.07) is 0. The predicted octanol–water partition coefficient (Wildman–Crippen LogP) is 4.18. The van der Waals surface area contributed by atoms with Crippen LogP contribution in [-0.4, -0.2) is 22.8 Å². The Kier molecular flexibility index (Phi) is 12.2. The van der Waals surface area contributed by atoms with Crippen molar-refractivity contribution in [1.82, 2.24) is 15.7 Å². The summed E-state index contributed by atoms with van der Waals surface area (Å²) in [6.45, 7) is 5.46. The Morgan fingerprint density at radius 2 is 1.42 bits per heavy atom. The molecule has 1 aliphatic rings. The van der Waals surface area contributed by atoms with Gasteiger partial charge in [0.25, 0.3) is 0 Å². The van der Waals surface area contributed by atoms with E-state index in [9.17, 15) is 0 Å². The van der Waals surface area contributed by atoms with Crippen molar-refractivity contribution >= 4 is 0 Å². The van der Waals surface area contributed by atoms with Gasteiger partial charge in [0.15, 0.2) is 0 Å². The first-order chi connectivity index (χ1) is 11.7. The minimum atomic E-state index is -0.0453. The monoisotopic (exact) mass is 339 g/mol. The molecule has 0 saturated heterocycles. The van der Waals surface area contributed by atoms with Gasteiger partial charge in [0.1, 0.15) is 0 Å². The summed E-state index contributed by atoms with van der Waals surface area (Å²) in [5.74, 6) is 5.97. The van der Waals surface area contributed by atoms with Gasteiger partial charge in [0, 0.05) is 12.7 Å². The minimum Gasteiger partial charge on any atom is -0.311 e. The second-order valence-corrected chi connectivity index (χ2v) is 7.14. The molecule has 1 atom stereocenters. The van der Waals surface area contributed by atoms with Crippen LogP contribution in [0.3, 0.4) is 0 Å². The molecule has 0 aromatic carbocycles. The number of hydrazine groups is 3. The van der Waals surface area contributed by atoms with Gasteiger partial charge in [-0.1, -0.05) is 78.1 Å². The molecule has 0 fully saturated rings. The SMILES string of the molecule is CCCCCCCCC1=CN(N)NN(CCCCCCCC)C1N. The summed E-state index contributed by atoms with van der Waals surface area (Å²) >= 11 is 0. The average molecular weight is 340 g/mol. The molecular formula is C19H41N5. The number of hydrogen-bond donors (Lipinski definition) is 3. The third kappa shape index (κ3) is 9.02. The number of hydrogen-bond acceptors (Lipinski definition) is 5. The van der Waals surface area contributed by atoms with E-state index < -0.39 is 0 Å². The molecule has 1 aliphatic heterocycles. The normalized spacial score (nSPS) is 18.9. The highest BCUT2D eigenvalue weighted by molar-refractivity contribution is 5.10. The van der Waals surface area contributed by atoms with E-state index in [0.717, 1.165) is 13.0 Å². The highest BCUT2D eigenvalue weighted by atomic mass is 15.8. The topological polar surface area (TPSA) is 70.5 Å². The third-order valence-electron chi connectivity index (χ3n) is 4.84. The molecule has 5 heteroatoms. The molecule has 0 amide bonds. The first-order valence-corrected chi connectivity index (χ1v) is 10.2. The van der Waals surface area contributed by atoms with E-state index in [1.165, 1.54) is 82.6 Å². The maximum absolute atomic E-state index is 6.42. The Morgan fingerprint density at radius 1 is 0.875 bits per heavy atom. The fourth-order valence-electron chi connectivity index (χ4n) is 3.27. The summed E-state index contributed by atoms with van der Waals surface area (Å²) in [5.41, 5.74) is 10.8. The molecule has 0 aliphatic carbocycles. The third-order valence-corrected chi connectivity index (χ3v) is 4.84. The standard InChI is InChI=1S/C19H41N5/c1-3-5-7-9-11-13-15-18-17-24(21)22-23(19(18)20)16-14-12-10-8-6-4-2/h17,19,22H,3-16,20-21H2,1-2H3. The molecule has 1 unspecified atom stereocenters. The quantitative estimate of drug-likeness (QED) is 0.327. The first-order valence-electron chi connectivity index (χ1n) is 10.2. The maximum atomic E-state index is 6.42. The molecule has 24 heavy (non-hydrogen) atoms. The van der Waals surface area contributed by atoms with Crippen LogP contribution >= 0.6 is 0 Å². The lowest BCUT2D eigenvalue weighted by Crippen LogP contribution is -2.61. The second-order valence-electron chi connectivity index (χ2n) is 7.14. The van der Waals surface area contributed by atoms with Gasteiger partial charge in [-0.2, -0.15) is 5.53 Å². The highest BCUT2D eigenvalue weighted by Crippen LogP contribution is 2.18. The van der Waals surface area contributed by atoms with Gasteiger partial charge in [0.2, 0.25) is 0 Å². The van der Waals surface area contributed by atoms with Crippen LogP contribution in [0, 0.1) is 0 Å². The lowest BCUT2D eigenvalue weighted by molar-refractivity contribution is 0.0112. The van der Waals surface area contributed by atoms with E-state index in [1.54, 1.807) is 5.12 Å². The van der Waals surface area contributed by atoms with Gasteiger partial charge in [-0.3, -0.25) is 0 Å². The Bertz CT molecular complexity index is 332. The lowest BCUT2D eigenvalue weighted by atomic mass is 10.0. The van der Waals surface area contributed by atoms with Gasteiger partial charge in [-0.05, 0) is 24.8 Å². The van der Waals surface area contributed by atoms with Crippen LogP contribution in [0.15, 0.2) is 11.8 Å². The van der Waals surface area contributed by atoms with Gasteiger partial charge >= 0.3 is 0 Å². The van der Waals surface area contributed by atoms with E-state index in [0.29, 0.717) is 0 Å². The van der Waals surface area contributed by atoms with Gasteiger partial charge in [-0.25, -0.2) is 16.0 Å². The number of unbranched alkanes of at least 4 members (excludes halogenated alkanes) is 10. The van der Waals surface area contributed by atoms with Gasteiger partial charge in [0.05, 0.1) is 6.17 Å². The molecule has 0 aromatic rings. The van der Waals surface area contributed by atoms with E-state index in [2.05, 4.69) is 24.4 Å². The van der Waals surface area contributed by atoms with Crippen molar-refractivity contribution in [3.8, 4) is 0 Å². The fourth-order valence-corrected chi connectivity index (χ4v) is 3.27. The summed E-state index contributed by atoms with van der Waals surface area (Å²) < 4.78 is 0. The predicted molar refractivity (Wildman–Crippen MR) is 103 cm³/mol. The molecule has 5 N–H and O–H groups in total. The van der Waals surface area contributed by atoms with E-state index in [-0.39, 0.29) is 6.17 Å². The molecule has 0 bridgehead atoms. The molecular weight excluding hydrogens is 298 g/mol. The van der Waals surface area contributed by atoms with Crippen molar-refractivity contribution in [2.75, 3.05) is 6.54 Å². The van der Waals surface area contributed by atoms with Gasteiger partial charge in [-0.15, -0.1) is 0 Å². The van der Waals surface area contributed by atoms with Crippen LogP contribution in [0.25, 0.3) is 0 Å². The Morgan fingerprint density at radius 3 is 2.04 bits per heavy atom. The Hall–Kier alpha value is -0.620. The number of nitrogens with zero attached hydrogens (tertiary/aromatic N) is 2. The van der Waals surface area contributed by atoms with Crippen LogP contribution < -0.4 is 17.1 Å². The molecule has 0 spiro atoms. The van der Waals surface area contributed by atoms with E-state index >= 15 is 0 Å². The van der Waals surface area contributed by atoms with Crippen LogP contribution in [-0.2, 0) is 0 Å². The van der Waals surface area contributed by atoms with Crippen molar-refractivity contribution < 1.29 is 0 Å². The second kappa shape index (κ2) is 13.6. The summed E-state index contributed by atoms with van der Waals surface area (Å²) in [4.78, 5) is 0. The van der Waals surface area contributed by atoms with Crippen molar-refractivity contribution in [3.05, 3.63) is 11.8 Å². The molecule has 0 radical (unpaired) electrons. The Balaban J connectivity index is 2.23. The van der Waals surface area contributed by atoms with E-state index in [1.807, 2.05) is 6.20 Å². The zero-order chi connectivity index (χ0) is 17.6. The lowest BCUT2D eigenvalue weighted by Gasteiger charge is -2.38. The molecule has 1 heterocycles. The average Bonchev–Trinajstić information content (AvgIpc) is 2.57. The smallest absolute Gasteiger partial charge is 0.0962 e. The van der Waals surface area contributed by atoms with Crippen LogP contribution in [0.5, 0.6) is 0 Å². The minimum absolute atomic E-state index is 0.0453. The summed E-state index contributed by atoms with van der Waals surface area (Å²) in [6.07, 6.45) is 18.6. The number of rotatable bonds is 14. The van der Waals surface area contributed by atoms with Crippen LogP contribution in [0.4, 0.5) is 0 Å². The largest absolute Gasteiger partial charge is 0.311 e. The van der Waals surface area contributed by atoms with Crippen molar-refractivity contribution in [2.24, 2.45) is 11.6 Å². The number of nitrogens with one attached hydrogen (secondary N) is 1. The van der Waals surface area contributed by atoms with Crippen LogP contribution in [0.1, 0.15) is 97.3 Å². The van der Waals surface area contributed by atoms with Crippen LogP contribution in [0.2, 0.25) is 0 Å². The molecule has 142 valence electrons. The van der Waals surface area contributed by atoms with Gasteiger partial charge < -0.3 is 5.73 Å². The fraction of sp³-hybridized carbons (Fsp3) is 0.895. The molecule has 0 aromatic heterocycles. The molecule has 1 rings (SSSR count). The molecule has 5 nitrogen and oxygen atoms in total. The first kappa shape index (κ1) is 21.4. The summed E-state index contributed by atoms with van der Waals surface area (Å²) in [7, 11) is 0. The highest BCUT2D eigenvalue weighted by Gasteiger charge is 2.23. The number of nitrogens with two attached hydrogens (primary N) is 2. The van der Waals surface area contributed by atoms with Crippen molar-refractivity contribution in [2.45, 2.75) is 103 Å². The van der Waals surface area contributed by atoms with Crippen molar-refractivity contribution in [1.29, 1.82) is 0 Å². The summed E-state index contributed by atoms with van der Waals surface area (Å²) in [5, 5.41) is 3.65. The van der Waals surface area contributed by atoms with E-state index in [4.69, 9.17) is 11.6 Å². The molecule has 0 saturated carbocycles. The maximum Gasteiger partial charge on any atom is 0.0962 e.